The number of anilines is 1. The number of alkyl halides is 4. The van der Waals surface area contributed by atoms with Crippen LogP contribution in [0.1, 0.15) is 18.9 Å². The summed E-state index contributed by atoms with van der Waals surface area (Å²) in [5, 5.41) is 2.19. The first-order chi connectivity index (χ1) is 8.25. The average Bonchev–Trinajstić information content (AvgIpc) is 2.28. The molecule has 100 valence electrons. The van der Waals surface area contributed by atoms with E-state index >= 15 is 0 Å². The molecule has 1 amide bonds. The number of carbonyl (C=O) groups is 1. The van der Waals surface area contributed by atoms with Gasteiger partial charge in [-0.15, -0.1) is 0 Å². The average molecular weight is 345 g/mol. The first-order valence-electron chi connectivity index (χ1n) is 5.07. The van der Waals surface area contributed by atoms with Crippen LogP contribution in [0.2, 0.25) is 5.02 Å². The van der Waals surface area contributed by atoms with Crippen LogP contribution in [-0.4, -0.2) is 10.7 Å². The summed E-state index contributed by atoms with van der Waals surface area (Å²) in [5.74, 6) is -0.523. The second-order valence-corrected chi connectivity index (χ2v) is 5.09. The van der Waals surface area contributed by atoms with Gasteiger partial charge in [0.1, 0.15) is 0 Å². The minimum Gasteiger partial charge on any atom is -0.325 e. The maximum Gasteiger partial charge on any atom is 0.418 e. The van der Waals surface area contributed by atoms with E-state index in [4.69, 9.17) is 11.6 Å². The quantitative estimate of drug-likeness (QED) is 0.805. The molecule has 7 heteroatoms. The standard InChI is InChI=1S/C11H10BrClF3NO/c1-2-8(12)10(18)17-9-4-3-6(13)5-7(9)11(14,15)16/h3-5,8H,2H2,1H3,(H,17,18)/t8-/m0/s1. The Kier molecular flexibility index (Phi) is 5.04. The maximum atomic E-state index is 12.7. The van der Waals surface area contributed by atoms with Crippen molar-refractivity contribution in [3.8, 4) is 0 Å². The van der Waals surface area contributed by atoms with Crippen LogP contribution in [0.4, 0.5) is 18.9 Å². The Morgan fingerprint density at radius 3 is 2.61 bits per heavy atom. The van der Waals surface area contributed by atoms with Gasteiger partial charge in [0.2, 0.25) is 5.91 Å². The zero-order valence-corrected chi connectivity index (χ0v) is 11.7. The van der Waals surface area contributed by atoms with Gasteiger partial charge in [-0.1, -0.05) is 34.5 Å². The monoisotopic (exact) mass is 343 g/mol. The molecule has 0 aliphatic rings. The number of halogens is 5. The smallest absolute Gasteiger partial charge is 0.325 e. The number of rotatable bonds is 3. The molecule has 0 aliphatic carbocycles. The third-order valence-corrected chi connectivity index (χ3v) is 3.49. The zero-order valence-electron chi connectivity index (χ0n) is 9.31. The molecule has 1 N–H and O–H groups in total. The second-order valence-electron chi connectivity index (χ2n) is 3.55. The van der Waals surface area contributed by atoms with Crippen LogP contribution in [0.3, 0.4) is 0 Å². The summed E-state index contributed by atoms with van der Waals surface area (Å²) in [4.78, 5) is 11.0. The highest BCUT2D eigenvalue weighted by atomic mass is 79.9. The highest BCUT2D eigenvalue weighted by molar-refractivity contribution is 9.10. The van der Waals surface area contributed by atoms with E-state index in [2.05, 4.69) is 21.2 Å². The molecule has 1 aromatic rings. The summed E-state index contributed by atoms with van der Waals surface area (Å²) in [7, 11) is 0. The van der Waals surface area contributed by atoms with Crippen molar-refractivity contribution in [1.82, 2.24) is 0 Å². The largest absolute Gasteiger partial charge is 0.418 e. The molecule has 0 fully saturated rings. The molecule has 18 heavy (non-hydrogen) atoms. The van der Waals surface area contributed by atoms with Gasteiger partial charge in [0.25, 0.3) is 0 Å². The van der Waals surface area contributed by atoms with Gasteiger partial charge in [0.05, 0.1) is 16.1 Å². The first kappa shape index (κ1) is 15.3. The molecule has 0 spiro atoms. The molecular weight excluding hydrogens is 334 g/mol. The molecule has 2 nitrogen and oxygen atoms in total. The summed E-state index contributed by atoms with van der Waals surface area (Å²) in [6.07, 6.45) is -4.09. The zero-order chi connectivity index (χ0) is 13.9. The molecule has 0 aromatic heterocycles. The van der Waals surface area contributed by atoms with Crippen molar-refractivity contribution >= 4 is 39.1 Å². The number of benzene rings is 1. The van der Waals surface area contributed by atoms with Crippen LogP contribution in [0.15, 0.2) is 18.2 Å². The minimum atomic E-state index is -4.57. The highest BCUT2D eigenvalue weighted by Crippen LogP contribution is 2.36. The number of carbonyl (C=O) groups excluding carboxylic acids is 1. The third-order valence-electron chi connectivity index (χ3n) is 2.19. The molecule has 0 saturated carbocycles. The molecule has 0 radical (unpaired) electrons. The van der Waals surface area contributed by atoms with Gasteiger partial charge < -0.3 is 5.32 Å². The first-order valence-corrected chi connectivity index (χ1v) is 6.36. The Balaban J connectivity index is 3.06. The van der Waals surface area contributed by atoms with Gasteiger partial charge >= 0.3 is 6.18 Å². The maximum absolute atomic E-state index is 12.7. The lowest BCUT2D eigenvalue weighted by molar-refractivity contribution is -0.137. The van der Waals surface area contributed by atoms with Crippen LogP contribution < -0.4 is 5.32 Å². The second kappa shape index (κ2) is 5.93. The van der Waals surface area contributed by atoms with E-state index in [1.165, 1.54) is 6.07 Å². The van der Waals surface area contributed by atoms with E-state index in [0.29, 0.717) is 6.42 Å². The molecule has 1 atom stereocenters. The third kappa shape index (κ3) is 3.88. The highest BCUT2D eigenvalue weighted by Gasteiger charge is 2.34. The lowest BCUT2D eigenvalue weighted by Crippen LogP contribution is -2.23. The topological polar surface area (TPSA) is 29.1 Å². The fourth-order valence-electron chi connectivity index (χ4n) is 1.26. The van der Waals surface area contributed by atoms with Crippen LogP contribution in [-0.2, 0) is 11.0 Å². The summed E-state index contributed by atoms with van der Waals surface area (Å²) in [5.41, 5.74) is -1.26. The summed E-state index contributed by atoms with van der Waals surface area (Å²) in [6, 6.07) is 3.21. The van der Waals surface area contributed by atoms with Crippen molar-refractivity contribution in [3.05, 3.63) is 28.8 Å². The van der Waals surface area contributed by atoms with Gasteiger partial charge in [-0.3, -0.25) is 4.79 Å². The normalized spacial score (nSPS) is 13.2. The predicted octanol–water partition coefficient (Wildman–Crippen LogP) is 4.47. The van der Waals surface area contributed by atoms with E-state index in [0.717, 1.165) is 12.1 Å². The molecular formula is C11H10BrClF3NO. The molecule has 0 bridgehead atoms. The van der Waals surface area contributed by atoms with Crippen LogP contribution in [0.5, 0.6) is 0 Å². The van der Waals surface area contributed by atoms with E-state index in [1.807, 2.05) is 0 Å². The SMILES string of the molecule is CC[C@H](Br)C(=O)Nc1ccc(Cl)cc1C(F)(F)F. The van der Waals surface area contributed by atoms with Gasteiger partial charge in [-0.25, -0.2) is 0 Å². The van der Waals surface area contributed by atoms with Crippen molar-refractivity contribution in [2.75, 3.05) is 5.32 Å². The molecule has 0 aliphatic heterocycles. The van der Waals surface area contributed by atoms with Crippen molar-refractivity contribution in [2.24, 2.45) is 0 Å². The Labute approximate surface area is 116 Å². The molecule has 0 unspecified atom stereocenters. The summed E-state index contributed by atoms with van der Waals surface area (Å²) >= 11 is 8.60. The number of hydrogen-bond acceptors (Lipinski definition) is 1. The summed E-state index contributed by atoms with van der Waals surface area (Å²) < 4.78 is 38.2. The van der Waals surface area contributed by atoms with Crippen molar-refractivity contribution in [1.29, 1.82) is 0 Å². The number of hydrogen-bond donors (Lipinski definition) is 1. The molecule has 0 heterocycles. The van der Waals surface area contributed by atoms with Crippen molar-refractivity contribution < 1.29 is 18.0 Å². The van der Waals surface area contributed by atoms with Crippen molar-refractivity contribution in [2.45, 2.75) is 24.3 Å². The van der Waals surface area contributed by atoms with Crippen LogP contribution >= 0.6 is 27.5 Å². The number of amides is 1. The lowest BCUT2D eigenvalue weighted by atomic mass is 10.1. The lowest BCUT2D eigenvalue weighted by Gasteiger charge is -2.15. The Morgan fingerprint density at radius 1 is 1.50 bits per heavy atom. The summed E-state index contributed by atoms with van der Waals surface area (Å²) in [6.45, 7) is 1.74. The van der Waals surface area contributed by atoms with E-state index in [-0.39, 0.29) is 10.7 Å². The molecule has 0 saturated heterocycles. The van der Waals surface area contributed by atoms with E-state index < -0.39 is 22.5 Å². The van der Waals surface area contributed by atoms with Gasteiger partial charge in [0, 0.05) is 5.02 Å². The molecule has 1 rings (SSSR count). The minimum absolute atomic E-state index is 0.0359. The van der Waals surface area contributed by atoms with E-state index in [9.17, 15) is 18.0 Å². The van der Waals surface area contributed by atoms with Gasteiger partial charge in [-0.2, -0.15) is 13.2 Å². The predicted molar refractivity (Wildman–Crippen MR) is 68.1 cm³/mol. The fourth-order valence-corrected chi connectivity index (χ4v) is 1.54. The van der Waals surface area contributed by atoms with Gasteiger partial charge in [0.15, 0.2) is 0 Å². The Hall–Kier alpha value is -0.750. The van der Waals surface area contributed by atoms with Crippen molar-refractivity contribution in [3.63, 3.8) is 0 Å². The van der Waals surface area contributed by atoms with Gasteiger partial charge in [-0.05, 0) is 24.6 Å². The Bertz CT molecular complexity index is 450. The Morgan fingerprint density at radius 2 is 2.11 bits per heavy atom. The van der Waals surface area contributed by atoms with E-state index in [1.54, 1.807) is 6.92 Å². The van der Waals surface area contributed by atoms with Crippen LogP contribution in [0, 0.1) is 0 Å². The number of nitrogens with one attached hydrogen (secondary N) is 1. The molecule has 1 aromatic carbocycles. The van der Waals surface area contributed by atoms with Crippen LogP contribution in [0.25, 0.3) is 0 Å². The fraction of sp³-hybridized carbons (Fsp3) is 0.364.